The van der Waals surface area contributed by atoms with Crippen molar-refractivity contribution < 1.29 is 18.3 Å². The van der Waals surface area contributed by atoms with Gasteiger partial charge in [-0.15, -0.1) is 0 Å². The minimum Gasteiger partial charge on any atom is -0.507 e. The molecule has 8 heteroatoms. The highest BCUT2D eigenvalue weighted by Gasteiger charge is 2.32. The summed E-state index contributed by atoms with van der Waals surface area (Å²) >= 11 is 0. The van der Waals surface area contributed by atoms with E-state index in [0.717, 1.165) is 38.3 Å². The molecule has 0 aliphatic carbocycles. The van der Waals surface area contributed by atoms with E-state index in [4.69, 9.17) is 0 Å². The van der Waals surface area contributed by atoms with Gasteiger partial charge in [-0.25, -0.2) is 9.98 Å². The van der Waals surface area contributed by atoms with Crippen molar-refractivity contribution in [1.82, 2.24) is 9.80 Å². The van der Waals surface area contributed by atoms with Crippen LogP contribution in [0, 0.1) is 6.92 Å². The van der Waals surface area contributed by atoms with Gasteiger partial charge in [-0.05, 0) is 50.7 Å². The maximum absolute atomic E-state index is 13.0. The first-order chi connectivity index (χ1) is 12.6. The number of phenols is 1. The SMILES string of the molecule is CC1=NC(N2CCN(C)CC2)C=CC(c2c(C)cc(C(F)(F)F)cc2O)=N1. The second-order valence-electron chi connectivity index (χ2n) is 6.97. The van der Waals surface area contributed by atoms with Crippen LogP contribution in [0.3, 0.4) is 0 Å². The van der Waals surface area contributed by atoms with Crippen LogP contribution in [-0.4, -0.2) is 65.8 Å². The summed E-state index contributed by atoms with van der Waals surface area (Å²) in [5, 5.41) is 10.2. The molecule has 1 aromatic rings. The van der Waals surface area contributed by atoms with Crippen molar-refractivity contribution in [2.24, 2.45) is 9.98 Å². The molecule has 0 saturated carbocycles. The van der Waals surface area contributed by atoms with Gasteiger partial charge in [0.15, 0.2) is 0 Å². The molecule has 1 atom stereocenters. The number of aryl methyl sites for hydroxylation is 1. The third-order valence-corrected chi connectivity index (χ3v) is 4.84. The summed E-state index contributed by atoms with van der Waals surface area (Å²) in [5.41, 5.74) is 0.154. The van der Waals surface area contributed by atoms with Gasteiger partial charge in [-0.3, -0.25) is 4.90 Å². The van der Waals surface area contributed by atoms with Crippen LogP contribution < -0.4 is 0 Å². The molecule has 1 aromatic carbocycles. The van der Waals surface area contributed by atoms with Crippen LogP contribution >= 0.6 is 0 Å². The van der Waals surface area contributed by atoms with E-state index in [2.05, 4.69) is 26.8 Å². The van der Waals surface area contributed by atoms with E-state index >= 15 is 0 Å². The standard InChI is InChI=1S/C19H23F3N4O/c1-12-10-14(19(20,21)22)11-16(27)18(12)15-4-5-17(24-13(2)23-15)26-8-6-25(3)7-9-26/h4-5,10-11,17,27H,6-9H2,1-3H3. The Labute approximate surface area is 156 Å². The van der Waals surface area contributed by atoms with Gasteiger partial charge >= 0.3 is 6.18 Å². The molecule has 1 saturated heterocycles. The predicted molar refractivity (Wildman–Crippen MR) is 99.5 cm³/mol. The lowest BCUT2D eigenvalue weighted by molar-refractivity contribution is -0.137. The van der Waals surface area contributed by atoms with E-state index in [-0.39, 0.29) is 6.17 Å². The monoisotopic (exact) mass is 380 g/mol. The first kappa shape index (κ1) is 19.6. The van der Waals surface area contributed by atoms with E-state index in [1.165, 1.54) is 6.92 Å². The number of aliphatic imine (C=N–C) groups is 2. The summed E-state index contributed by atoms with van der Waals surface area (Å²) in [6, 6.07) is 1.77. The molecule has 0 aromatic heterocycles. The van der Waals surface area contributed by atoms with E-state index in [9.17, 15) is 18.3 Å². The topological polar surface area (TPSA) is 51.4 Å². The van der Waals surface area contributed by atoms with Gasteiger partial charge < -0.3 is 10.0 Å². The Morgan fingerprint density at radius 3 is 2.37 bits per heavy atom. The normalized spacial score (nSPS) is 22.4. The third kappa shape index (κ3) is 4.39. The van der Waals surface area contributed by atoms with Gasteiger partial charge in [0.05, 0.1) is 11.3 Å². The van der Waals surface area contributed by atoms with Gasteiger partial charge in [-0.1, -0.05) is 0 Å². The number of amidine groups is 1. The molecule has 3 rings (SSSR count). The minimum atomic E-state index is -4.51. The van der Waals surface area contributed by atoms with Crippen LogP contribution in [0.5, 0.6) is 5.75 Å². The Kier molecular flexibility index (Phi) is 5.39. The lowest BCUT2D eigenvalue weighted by atomic mass is 9.99. The molecule has 0 spiro atoms. The summed E-state index contributed by atoms with van der Waals surface area (Å²) in [5.74, 6) is 0.0919. The van der Waals surface area contributed by atoms with Crippen LogP contribution in [0.1, 0.15) is 23.6 Å². The van der Waals surface area contributed by atoms with Gasteiger partial charge in [0.2, 0.25) is 0 Å². The zero-order valence-electron chi connectivity index (χ0n) is 15.6. The smallest absolute Gasteiger partial charge is 0.416 e. The molecule has 146 valence electrons. The molecule has 1 fully saturated rings. The lowest BCUT2D eigenvalue weighted by Crippen LogP contribution is -2.48. The number of allylic oxidation sites excluding steroid dienone is 1. The zero-order chi connectivity index (χ0) is 19.8. The van der Waals surface area contributed by atoms with Gasteiger partial charge in [0, 0.05) is 31.7 Å². The van der Waals surface area contributed by atoms with Gasteiger partial charge in [0.25, 0.3) is 0 Å². The van der Waals surface area contributed by atoms with E-state index in [0.29, 0.717) is 22.7 Å². The average molecular weight is 380 g/mol. The highest BCUT2D eigenvalue weighted by Crippen LogP contribution is 2.35. The molecule has 1 unspecified atom stereocenters. The first-order valence-corrected chi connectivity index (χ1v) is 8.80. The Balaban J connectivity index is 1.90. The molecular weight excluding hydrogens is 357 g/mol. The number of piperazine rings is 1. The number of hydrogen-bond acceptors (Lipinski definition) is 5. The van der Waals surface area contributed by atoms with Crippen molar-refractivity contribution in [2.45, 2.75) is 26.2 Å². The highest BCUT2D eigenvalue weighted by molar-refractivity contribution is 6.16. The second kappa shape index (κ2) is 7.44. The summed E-state index contributed by atoms with van der Waals surface area (Å²) in [7, 11) is 2.08. The van der Waals surface area contributed by atoms with Gasteiger partial charge in [-0.2, -0.15) is 13.2 Å². The fourth-order valence-corrected chi connectivity index (χ4v) is 3.35. The van der Waals surface area contributed by atoms with Crippen LogP contribution in [0.4, 0.5) is 13.2 Å². The Hall–Kier alpha value is -2.19. The van der Waals surface area contributed by atoms with E-state index < -0.39 is 17.5 Å². The average Bonchev–Trinajstić information content (AvgIpc) is 2.76. The third-order valence-electron chi connectivity index (χ3n) is 4.84. The molecule has 0 radical (unpaired) electrons. The van der Waals surface area contributed by atoms with Crippen molar-refractivity contribution in [3.63, 3.8) is 0 Å². The maximum atomic E-state index is 13.0. The Morgan fingerprint density at radius 1 is 1.11 bits per heavy atom. The van der Waals surface area contributed by atoms with Crippen LogP contribution in [-0.2, 0) is 6.18 Å². The number of halogens is 3. The van der Waals surface area contributed by atoms with Crippen LogP contribution in [0.2, 0.25) is 0 Å². The number of likely N-dealkylation sites (N-methyl/N-ethyl adjacent to an activating group) is 1. The number of rotatable bonds is 2. The molecule has 2 aliphatic rings. The van der Waals surface area contributed by atoms with Crippen molar-refractivity contribution in [1.29, 1.82) is 0 Å². The first-order valence-electron chi connectivity index (χ1n) is 8.80. The number of benzene rings is 1. The molecule has 27 heavy (non-hydrogen) atoms. The number of hydrogen-bond donors (Lipinski definition) is 1. The quantitative estimate of drug-likeness (QED) is 0.858. The number of phenolic OH excluding ortho intramolecular Hbond substituents is 1. The number of nitrogens with zero attached hydrogens (tertiary/aromatic N) is 4. The molecular formula is C19H23F3N4O. The molecule has 0 bridgehead atoms. The minimum absolute atomic E-state index is 0.170. The summed E-state index contributed by atoms with van der Waals surface area (Å²) in [6.07, 6.45) is -1.06. The summed E-state index contributed by atoms with van der Waals surface area (Å²) in [4.78, 5) is 13.5. The molecule has 1 N–H and O–H groups in total. The lowest BCUT2D eigenvalue weighted by Gasteiger charge is -2.34. The zero-order valence-corrected chi connectivity index (χ0v) is 15.6. The second-order valence-corrected chi connectivity index (χ2v) is 6.97. The van der Waals surface area contributed by atoms with Gasteiger partial charge in [0.1, 0.15) is 17.8 Å². The maximum Gasteiger partial charge on any atom is 0.416 e. The van der Waals surface area contributed by atoms with Crippen molar-refractivity contribution in [2.75, 3.05) is 33.2 Å². The molecule has 0 amide bonds. The Bertz CT molecular complexity index is 783. The predicted octanol–water partition coefficient (Wildman–Crippen LogP) is 3.07. The summed E-state index contributed by atoms with van der Waals surface area (Å²) < 4.78 is 38.9. The molecule has 2 heterocycles. The largest absolute Gasteiger partial charge is 0.507 e. The Morgan fingerprint density at radius 2 is 1.78 bits per heavy atom. The summed E-state index contributed by atoms with van der Waals surface area (Å²) in [6.45, 7) is 6.95. The highest BCUT2D eigenvalue weighted by atomic mass is 19.4. The number of aromatic hydroxyl groups is 1. The van der Waals surface area contributed by atoms with Crippen LogP contribution in [0.25, 0.3) is 0 Å². The number of alkyl halides is 3. The van der Waals surface area contributed by atoms with Crippen molar-refractivity contribution in [3.05, 3.63) is 41.0 Å². The van der Waals surface area contributed by atoms with Crippen LogP contribution in [0.15, 0.2) is 34.3 Å². The molecule has 2 aliphatic heterocycles. The van der Waals surface area contributed by atoms with Crippen molar-refractivity contribution >= 4 is 11.5 Å². The molecule has 5 nitrogen and oxygen atoms in total. The van der Waals surface area contributed by atoms with Crippen molar-refractivity contribution in [3.8, 4) is 5.75 Å². The fraction of sp³-hybridized carbons (Fsp3) is 0.474. The van der Waals surface area contributed by atoms with E-state index in [1.54, 1.807) is 13.0 Å². The fourth-order valence-electron chi connectivity index (χ4n) is 3.35. The van der Waals surface area contributed by atoms with E-state index in [1.807, 2.05) is 6.08 Å².